The monoisotopic (exact) mass is 358 g/mol. The lowest BCUT2D eigenvalue weighted by atomic mass is 10.1. The number of hydrogen-bond donors (Lipinski definition) is 0. The van der Waals surface area contributed by atoms with Crippen molar-refractivity contribution in [2.24, 2.45) is 0 Å². The number of benzene rings is 2. The van der Waals surface area contributed by atoms with Crippen molar-refractivity contribution in [2.75, 3.05) is 0 Å². The Morgan fingerprint density at radius 2 is 1.67 bits per heavy atom. The first-order valence-corrected chi connectivity index (χ1v) is 8.46. The largest absolute Gasteiger partial charge is 0.290 e. The summed E-state index contributed by atoms with van der Waals surface area (Å²) >= 11 is 0. The molecule has 0 aliphatic heterocycles. The van der Waals surface area contributed by atoms with Gasteiger partial charge in [-0.2, -0.15) is 0 Å². The molecular weight excluding hydrogens is 342 g/mol. The lowest BCUT2D eigenvalue weighted by Gasteiger charge is -2.03. The molecule has 0 saturated heterocycles. The summed E-state index contributed by atoms with van der Waals surface area (Å²) in [5.41, 5.74) is 3.25. The highest BCUT2D eigenvalue weighted by atomic mass is 16.6. The van der Waals surface area contributed by atoms with Crippen molar-refractivity contribution in [3.63, 3.8) is 0 Å². The minimum atomic E-state index is -0.474. The highest BCUT2D eigenvalue weighted by molar-refractivity contribution is 5.96. The molecule has 6 nitrogen and oxygen atoms in total. The molecule has 0 bridgehead atoms. The summed E-state index contributed by atoms with van der Waals surface area (Å²) in [7, 11) is 0. The molecule has 2 aromatic carbocycles. The van der Waals surface area contributed by atoms with Crippen LogP contribution in [-0.2, 0) is 6.54 Å². The van der Waals surface area contributed by atoms with E-state index in [0.29, 0.717) is 5.56 Å². The predicted molar refractivity (Wildman–Crippen MR) is 100 cm³/mol. The first-order chi connectivity index (χ1) is 13.1. The van der Waals surface area contributed by atoms with Crippen molar-refractivity contribution in [3.8, 4) is 11.3 Å². The summed E-state index contributed by atoms with van der Waals surface area (Å²) in [6.45, 7) is 0.141. The lowest BCUT2D eigenvalue weighted by molar-refractivity contribution is -0.510. The number of nitro benzene ring substituents is 1. The van der Waals surface area contributed by atoms with E-state index in [4.69, 9.17) is 0 Å². The molecular formula is C21H16N3O3+. The van der Waals surface area contributed by atoms with Crippen LogP contribution >= 0.6 is 0 Å². The second-order valence-corrected chi connectivity index (χ2v) is 6.16. The van der Waals surface area contributed by atoms with E-state index in [1.165, 1.54) is 24.3 Å². The van der Waals surface area contributed by atoms with Gasteiger partial charge in [-0.05, 0) is 18.2 Å². The quantitative estimate of drug-likeness (QED) is 0.236. The third-order valence-corrected chi connectivity index (χ3v) is 4.47. The molecule has 6 heteroatoms. The first-order valence-electron chi connectivity index (χ1n) is 8.46. The number of imidazole rings is 1. The molecule has 0 saturated carbocycles. The Balaban J connectivity index is 1.74. The van der Waals surface area contributed by atoms with Crippen molar-refractivity contribution in [1.82, 2.24) is 4.57 Å². The van der Waals surface area contributed by atoms with E-state index < -0.39 is 4.92 Å². The summed E-state index contributed by atoms with van der Waals surface area (Å²) in [4.78, 5) is 23.1. The Bertz CT molecular complexity index is 1130. The molecule has 0 aliphatic carbocycles. The lowest BCUT2D eigenvalue weighted by Crippen LogP contribution is -2.19. The molecule has 0 fully saturated rings. The van der Waals surface area contributed by atoms with Crippen molar-refractivity contribution < 1.29 is 14.1 Å². The van der Waals surface area contributed by atoms with Crippen LogP contribution < -0.4 is 4.40 Å². The maximum absolute atomic E-state index is 12.8. The van der Waals surface area contributed by atoms with Crippen LogP contribution in [0.4, 0.5) is 5.69 Å². The van der Waals surface area contributed by atoms with E-state index in [1.807, 2.05) is 69.9 Å². The fraction of sp³-hybridized carbons (Fsp3) is 0.0476. The van der Waals surface area contributed by atoms with Crippen LogP contribution in [0, 0.1) is 10.1 Å². The zero-order chi connectivity index (χ0) is 18.8. The van der Waals surface area contributed by atoms with E-state index in [9.17, 15) is 14.9 Å². The van der Waals surface area contributed by atoms with Crippen molar-refractivity contribution in [1.29, 1.82) is 0 Å². The van der Waals surface area contributed by atoms with E-state index in [0.717, 1.165) is 16.9 Å². The van der Waals surface area contributed by atoms with Gasteiger partial charge in [-0.3, -0.25) is 14.9 Å². The van der Waals surface area contributed by atoms with Crippen LogP contribution in [0.1, 0.15) is 10.4 Å². The normalized spacial score (nSPS) is 10.8. The number of Topliss-reactive ketones (excluding diaryl/α,β-unsaturated/α-hetero) is 1. The third kappa shape index (κ3) is 3.20. The Hall–Kier alpha value is -3.80. The summed E-state index contributed by atoms with van der Waals surface area (Å²) in [6.07, 6.45) is 3.93. The zero-order valence-electron chi connectivity index (χ0n) is 14.4. The molecule has 0 atom stereocenters. The fourth-order valence-electron chi connectivity index (χ4n) is 3.12. The van der Waals surface area contributed by atoms with E-state index in [2.05, 4.69) is 0 Å². The maximum atomic E-state index is 12.8. The zero-order valence-corrected chi connectivity index (χ0v) is 14.4. The van der Waals surface area contributed by atoms with Crippen LogP contribution in [0.2, 0.25) is 0 Å². The molecule has 132 valence electrons. The molecule has 4 rings (SSSR count). The number of carbonyl (C=O) groups is 1. The molecule has 27 heavy (non-hydrogen) atoms. The SMILES string of the molecule is O=C(Cn1c(-c2ccccc2)c[n+]2ccccc12)c1ccc([N+](=O)[O-])cc1. The molecule has 0 aliphatic rings. The predicted octanol–water partition coefficient (Wildman–Crippen LogP) is 3.68. The van der Waals surface area contributed by atoms with Gasteiger partial charge in [0.15, 0.2) is 12.2 Å². The number of aromatic nitrogens is 2. The number of hydrogen-bond acceptors (Lipinski definition) is 3. The van der Waals surface area contributed by atoms with E-state index in [-0.39, 0.29) is 18.0 Å². The van der Waals surface area contributed by atoms with Crippen LogP contribution in [0.25, 0.3) is 16.9 Å². The Labute approximate surface area is 155 Å². The van der Waals surface area contributed by atoms with Crippen molar-refractivity contribution in [3.05, 3.63) is 101 Å². The molecule has 0 unspecified atom stereocenters. The number of rotatable bonds is 5. The molecule has 2 heterocycles. The molecule has 0 amide bonds. The van der Waals surface area contributed by atoms with Gasteiger partial charge in [0.05, 0.1) is 11.1 Å². The minimum Gasteiger partial charge on any atom is -0.290 e. The second-order valence-electron chi connectivity index (χ2n) is 6.16. The van der Waals surface area contributed by atoms with Crippen LogP contribution in [0.5, 0.6) is 0 Å². The van der Waals surface area contributed by atoms with Gasteiger partial charge >= 0.3 is 0 Å². The number of nitrogens with zero attached hydrogens (tertiary/aromatic N) is 3. The highest BCUT2D eigenvalue weighted by Gasteiger charge is 2.22. The fourth-order valence-corrected chi connectivity index (χ4v) is 3.12. The van der Waals surface area contributed by atoms with Gasteiger partial charge < -0.3 is 0 Å². The molecule has 0 N–H and O–H groups in total. The number of nitro groups is 1. The first kappa shape index (κ1) is 16.7. The molecule has 2 aromatic heterocycles. The number of ketones is 1. The average Bonchev–Trinajstić information content (AvgIpc) is 3.07. The van der Waals surface area contributed by atoms with Gasteiger partial charge in [0.1, 0.15) is 6.20 Å². The number of non-ortho nitro benzene ring substituents is 1. The van der Waals surface area contributed by atoms with Gasteiger partial charge in [0, 0.05) is 29.3 Å². The smallest absolute Gasteiger partial charge is 0.287 e. The van der Waals surface area contributed by atoms with Gasteiger partial charge in [-0.25, -0.2) is 8.97 Å². The maximum Gasteiger partial charge on any atom is 0.287 e. The Kier molecular flexibility index (Phi) is 4.22. The standard InChI is InChI=1S/C21H16N3O3/c25-20(17-9-11-18(12-10-17)24(26)27)15-23-19(16-6-2-1-3-7-16)14-22-13-5-4-8-21(22)23/h1-14H,15H2/q+1. The van der Waals surface area contributed by atoms with Crippen molar-refractivity contribution >= 4 is 17.1 Å². The van der Waals surface area contributed by atoms with E-state index in [1.54, 1.807) is 0 Å². The van der Waals surface area contributed by atoms with Crippen LogP contribution in [0.15, 0.2) is 85.2 Å². The number of carbonyl (C=O) groups excluding carboxylic acids is 1. The van der Waals surface area contributed by atoms with Gasteiger partial charge in [-0.1, -0.05) is 36.4 Å². The van der Waals surface area contributed by atoms with Gasteiger partial charge in [0.2, 0.25) is 5.78 Å². The molecule has 4 aromatic rings. The Morgan fingerprint density at radius 1 is 0.963 bits per heavy atom. The Morgan fingerprint density at radius 3 is 2.37 bits per heavy atom. The third-order valence-electron chi connectivity index (χ3n) is 4.47. The summed E-state index contributed by atoms with van der Waals surface area (Å²) in [5.74, 6) is -0.107. The number of pyridine rings is 1. The average molecular weight is 358 g/mol. The second kappa shape index (κ2) is 6.84. The van der Waals surface area contributed by atoms with E-state index >= 15 is 0 Å². The van der Waals surface area contributed by atoms with Crippen molar-refractivity contribution in [2.45, 2.75) is 6.54 Å². The van der Waals surface area contributed by atoms with Crippen LogP contribution in [0.3, 0.4) is 0 Å². The molecule has 0 spiro atoms. The van der Waals surface area contributed by atoms with Crippen LogP contribution in [-0.4, -0.2) is 15.3 Å². The molecule has 0 radical (unpaired) electrons. The summed E-state index contributed by atoms with van der Waals surface area (Å²) in [5, 5.41) is 10.8. The van der Waals surface area contributed by atoms with Gasteiger partial charge in [0.25, 0.3) is 11.3 Å². The van der Waals surface area contributed by atoms with Gasteiger partial charge in [-0.15, -0.1) is 0 Å². The summed E-state index contributed by atoms with van der Waals surface area (Å²) in [6, 6.07) is 21.4. The number of fused-ring (bicyclic) bond motifs is 1. The topological polar surface area (TPSA) is 69.2 Å². The minimum absolute atomic E-state index is 0.0292. The highest BCUT2D eigenvalue weighted by Crippen LogP contribution is 2.21. The summed E-state index contributed by atoms with van der Waals surface area (Å²) < 4.78 is 3.94.